The number of unbranched alkanes of at least 4 members (excludes halogenated alkanes) is 9. The number of hydrogen-bond acceptors (Lipinski definition) is 22. The molecular weight excluding hydrogens is 939 g/mol. The molecule has 3 heterocycles. The first kappa shape index (κ1) is 56.6. The zero-order valence-electron chi connectivity index (χ0n) is 36.6. The van der Waals surface area contributed by atoms with Gasteiger partial charge in [0.05, 0.1) is 27.4 Å². The SMILES string of the molecule is CCCCCCCCCC/C=C\CCCC(=O)SCCNC(=O)CCNC(=O)[C@H](O)C(C)(C)COP(=O)([O-])OP(=O)([O-])OC[C@H]1O[C@@H](n2cnc3c(N)ncnc32)[C@H](O)[C@@H]1OP(=O)([O-])[O-]. The van der Waals surface area contributed by atoms with Crippen LogP contribution in [0.15, 0.2) is 24.8 Å². The number of allylic oxidation sites excluding steroid dienone is 2. The molecule has 24 nitrogen and oxygen atoms in total. The monoisotopic (exact) mass is 999 g/mol. The van der Waals surface area contributed by atoms with E-state index in [9.17, 15) is 57.9 Å². The number of rotatable bonds is 32. The predicted octanol–water partition coefficient (Wildman–Crippen LogP) is 1.39. The zero-order chi connectivity index (χ0) is 48.3. The Morgan fingerprint density at radius 2 is 1.58 bits per heavy atom. The van der Waals surface area contributed by atoms with Crippen molar-refractivity contribution >= 4 is 69.1 Å². The van der Waals surface area contributed by atoms with E-state index >= 15 is 0 Å². The van der Waals surface area contributed by atoms with Crippen molar-refractivity contribution in [3.05, 3.63) is 24.8 Å². The Morgan fingerprint density at radius 1 is 0.938 bits per heavy atom. The molecule has 28 heteroatoms. The lowest BCUT2D eigenvalue weighted by Crippen LogP contribution is -2.46. The third-order valence-corrected chi connectivity index (χ3v) is 13.8. The average Bonchev–Trinajstić information content (AvgIpc) is 3.79. The van der Waals surface area contributed by atoms with Gasteiger partial charge in [0.25, 0.3) is 15.6 Å². The fourth-order valence-corrected chi connectivity index (χ4v) is 9.80. The zero-order valence-corrected chi connectivity index (χ0v) is 40.1. The maximum Gasteiger partial charge on any atom is 0.274 e. The minimum absolute atomic E-state index is 0.0193. The second kappa shape index (κ2) is 27.3. The summed E-state index contributed by atoms with van der Waals surface area (Å²) in [7, 11) is -17.6. The lowest BCUT2D eigenvalue weighted by Gasteiger charge is -2.36. The van der Waals surface area contributed by atoms with Crippen molar-refractivity contribution in [2.24, 2.45) is 5.41 Å². The van der Waals surface area contributed by atoms with Crippen molar-refractivity contribution in [1.29, 1.82) is 0 Å². The third-order valence-electron chi connectivity index (χ3n) is 9.88. The van der Waals surface area contributed by atoms with Crippen LogP contribution in [0.1, 0.15) is 110 Å². The van der Waals surface area contributed by atoms with Crippen molar-refractivity contribution in [2.75, 3.05) is 37.8 Å². The van der Waals surface area contributed by atoms with Gasteiger partial charge < -0.3 is 69.0 Å². The van der Waals surface area contributed by atoms with Crippen molar-refractivity contribution in [3.63, 3.8) is 0 Å². The summed E-state index contributed by atoms with van der Waals surface area (Å²) in [6.07, 6.45) is 10.0. The number of nitrogen functional groups attached to an aromatic ring is 1. The van der Waals surface area contributed by atoms with E-state index in [-0.39, 0.29) is 41.6 Å². The van der Waals surface area contributed by atoms with Crippen LogP contribution in [-0.4, -0.2) is 103 Å². The molecule has 2 amide bonds. The summed E-state index contributed by atoms with van der Waals surface area (Å²) in [6, 6.07) is 0. The van der Waals surface area contributed by atoms with Gasteiger partial charge in [0.1, 0.15) is 36.3 Å². The first-order valence-electron chi connectivity index (χ1n) is 21.2. The Bertz CT molecular complexity index is 2010. The predicted molar refractivity (Wildman–Crippen MR) is 228 cm³/mol. The van der Waals surface area contributed by atoms with Gasteiger partial charge in [-0.25, -0.2) is 19.3 Å². The molecule has 1 fully saturated rings. The van der Waals surface area contributed by atoms with Gasteiger partial charge in [0.2, 0.25) is 11.8 Å². The lowest BCUT2D eigenvalue weighted by molar-refractivity contribution is -0.347. The average molecular weight is 1000 g/mol. The fraction of sp³-hybridized carbons (Fsp3) is 0.730. The Kier molecular flexibility index (Phi) is 23.8. The minimum atomic E-state index is -5.92. The van der Waals surface area contributed by atoms with E-state index in [1.165, 1.54) is 65.2 Å². The number of hydrogen-bond donors (Lipinski definition) is 5. The number of carbonyl (C=O) groups is 3. The molecule has 1 aliphatic rings. The molecule has 1 saturated heterocycles. The molecule has 6 N–H and O–H groups in total. The summed E-state index contributed by atoms with van der Waals surface area (Å²) in [5.74, 6) is -1.16. The molecule has 0 aliphatic carbocycles. The van der Waals surface area contributed by atoms with Crippen molar-refractivity contribution in [2.45, 2.75) is 135 Å². The third kappa shape index (κ3) is 20.6. The topological polar surface area (TPSA) is 375 Å². The highest BCUT2D eigenvalue weighted by Crippen LogP contribution is 2.56. The van der Waals surface area contributed by atoms with E-state index in [1.807, 2.05) is 0 Å². The van der Waals surface area contributed by atoms with Crippen LogP contribution in [0.2, 0.25) is 0 Å². The number of phosphoric ester groups is 3. The van der Waals surface area contributed by atoms with Crippen LogP contribution in [0, 0.1) is 5.41 Å². The highest BCUT2D eigenvalue weighted by molar-refractivity contribution is 8.13. The second-order valence-corrected chi connectivity index (χ2v) is 21.0. The van der Waals surface area contributed by atoms with E-state index < -0.39 is 84.6 Å². The number of nitrogens with zero attached hydrogens (tertiary/aromatic N) is 4. The molecule has 3 rings (SSSR count). The van der Waals surface area contributed by atoms with Crippen LogP contribution in [-0.2, 0) is 50.7 Å². The van der Waals surface area contributed by atoms with Gasteiger partial charge in [-0.15, -0.1) is 0 Å². The number of fused-ring (bicyclic) bond motifs is 1. The van der Waals surface area contributed by atoms with Crippen LogP contribution in [0.25, 0.3) is 11.2 Å². The summed E-state index contributed by atoms with van der Waals surface area (Å²) in [4.78, 5) is 96.7. The number of carbonyl (C=O) groups excluding carboxylic acids is 3. The highest BCUT2D eigenvalue weighted by atomic mass is 32.2. The minimum Gasteiger partial charge on any atom is -0.790 e. The Balaban J connectivity index is 1.33. The number of amides is 2. The van der Waals surface area contributed by atoms with Gasteiger partial charge in [-0.3, -0.25) is 28.1 Å². The molecule has 0 radical (unpaired) electrons. The van der Waals surface area contributed by atoms with Gasteiger partial charge in [0, 0.05) is 37.1 Å². The number of ether oxygens (including phenoxy) is 1. The summed E-state index contributed by atoms with van der Waals surface area (Å²) >= 11 is 1.12. The number of nitrogens with one attached hydrogen (secondary N) is 2. The number of nitrogens with two attached hydrogens (primary N) is 1. The van der Waals surface area contributed by atoms with Crippen LogP contribution in [0.5, 0.6) is 0 Å². The van der Waals surface area contributed by atoms with Crippen LogP contribution in [0.3, 0.4) is 0 Å². The van der Waals surface area contributed by atoms with Gasteiger partial charge in [-0.1, -0.05) is 89.6 Å². The van der Waals surface area contributed by atoms with Crippen molar-refractivity contribution in [3.8, 4) is 0 Å². The van der Waals surface area contributed by atoms with Gasteiger partial charge in [0.15, 0.2) is 22.8 Å². The largest absolute Gasteiger partial charge is 0.790 e. The highest BCUT2D eigenvalue weighted by Gasteiger charge is 2.47. The normalized spacial score (nSPS) is 20.4. The van der Waals surface area contributed by atoms with Crippen LogP contribution in [0.4, 0.5) is 5.82 Å². The molecule has 0 aromatic carbocycles. The summed E-state index contributed by atoms with van der Waals surface area (Å²) in [5.41, 5.74) is 4.09. The number of aliphatic hydroxyl groups is 2. The molecule has 370 valence electrons. The number of anilines is 1. The molecule has 2 unspecified atom stereocenters. The van der Waals surface area contributed by atoms with E-state index in [0.29, 0.717) is 12.2 Å². The molecular formula is C37H60N7O17P3S-4. The first-order valence-corrected chi connectivity index (χ1v) is 26.5. The molecule has 0 spiro atoms. The van der Waals surface area contributed by atoms with Crippen molar-refractivity contribution in [1.82, 2.24) is 30.2 Å². The molecule has 0 bridgehead atoms. The Labute approximate surface area is 381 Å². The molecule has 2 aromatic heterocycles. The number of thioether (sulfide) groups is 1. The van der Waals surface area contributed by atoms with Crippen molar-refractivity contribution < 1.29 is 80.5 Å². The van der Waals surface area contributed by atoms with Gasteiger partial charge >= 0.3 is 0 Å². The summed E-state index contributed by atoms with van der Waals surface area (Å²) < 4.78 is 60.8. The number of aromatic nitrogens is 4. The smallest absolute Gasteiger partial charge is 0.274 e. The standard InChI is InChI=1S/C37H64N7O17P3S/c1-4-5-6-7-8-9-10-11-12-13-14-15-16-17-28(46)65-21-20-39-27(45)18-19-40-35(49)32(48)37(2,3)23-58-64(55,56)61-63(53,54)57-22-26-31(60-62(50,51)52)30(47)36(59-26)44-25-43-29-33(38)41-24-42-34(29)44/h13-14,24-26,30-32,36,47-48H,4-12,15-23H2,1-3H3,(H,39,45)(H,40,49)(H,53,54)(H,55,56)(H2,38,41,42)(H2,50,51,52)/p-4/b14-13-/t26-,30-,31-,32+,36-/m1/s1. The molecule has 2 aromatic rings. The lowest BCUT2D eigenvalue weighted by atomic mass is 9.87. The Morgan fingerprint density at radius 3 is 2.26 bits per heavy atom. The quantitative estimate of drug-likeness (QED) is 0.0393. The van der Waals surface area contributed by atoms with E-state index in [0.717, 1.165) is 48.2 Å². The fourth-order valence-electron chi connectivity index (χ4n) is 6.34. The number of phosphoric acid groups is 3. The van der Waals surface area contributed by atoms with E-state index in [4.69, 9.17) is 10.5 Å². The number of aliphatic hydroxyl groups excluding tert-OH is 2. The van der Waals surface area contributed by atoms with Crippen LogP contribution < -0.4 is 35.9 Å². The van der Waals surface area contributed by atoms with E-state index in [1.54, 1.807) is 0 Å². The second-order valence-electron chi connectivity index (χ2n) is 15.8. The number of imidazole rings is 1. The van der Waals surface area contributed by atoms with E-state index in [2.05, 4.69) is 62.5 Å². The maximum atomic E-state index is 12.6. The summed E-state index contributed by atoms with van der Waals surface area (Å²) in [6.45, 7) is 2.37. The Hall–Kier alpha value is -2.70. The molecule has 1 aliphatic heterocycles. The van der Waals surface area contributed by atoms with Gasteiger partial charge in [-0.2, -0.15) is 0 Å². The van der Waals surface area contributed by atoms with Gasteiger partial charge in [-0.05, 0) is 25.7 Å². The first-order chi connectivity index (χ1) is 30.6. The maximum absolute atomic E-state index is 12.6. The summed E-state index contributed by atoms with van der Waals surface area (Å²) in [5, 5.41) is 26.4. The molecule has 0 saturated carbocycles. The van der Waals surface area contributed by atoms with Crippen LogP contribution >= 0.6 is 35.2 Å². The molecule has 65 heavy (non-hydrogen) atoms. The molecule has 7 atom stereocenters.